The van der Waals surface area contributed by atoms with Gasteiger partial charge >= 0.3 is 12.1 Å². The fourth-order valence-electron chi connectivity index (χ4n) is 4.69. The lowest BCUT2D eigenvalue weighted by Gasteiger charge is -2.30. The van der Waals surface area contributed by atoms with E-state index in [2.05, 4.69) is 12.6 Å². The van der Waals surface area contributed by atoms with Crippen LogP contribution in [0.2, 0.25) is 0 Å². The van der Waals surface area contributed by atoms with Crippen LogP contribution in [0.25, 0.3) is 0 Å². The summed E-state index contributed by atoms with van der Waals surface area (Å²) >= 11 is 4.44. The van der Waals surface area contributed by atoms with Crippen molar-refractivity contribution in [3.63, 3.8) is 0 Å². The predicted octanol–water partition coefficient (Wildman–Crippen LogP) is 2.39. The van der Waals surface area contributed by atoms with Crippen LogP contribution >= 0.6 is 12.6 Å². The van der Waals surface area contributed by atoms with E-state index in [0.717, 1.165) is 0 Å². The van der Waals surface area contributed by atoms with Gasteiger partial charge in [-0.05, 0) is 48.2 Å². The first-order chi connectivity index (χ1) is 19.0. The Kier molecular flexibility index (Phi) is 8.84. The van der Waals surface area contributed by atoms with Crippen LogP contribution in [0.1, 0.15) is 24.0 Å². The molecule has 1 unspecified atom stereocenters. The molecular formula is C25H27N5O9S. The van der Waals surface area contributed by atoms with Crippen LogP contribution in [0.3, 0.4) is 0 Å². The Balaban J connectivity index is 1.32. The quantitative estimate of drug-likeness (QED) is 0.205. The second-order valence-corrected chi connectivity index (χ2v) is 10.2. The second kappa shape index (κ2) is 12.3. The summed E-state index contributed by atoms with van der Waals surface area (Å²) in [6.07, 6.45) is -1.16. The number of amides is 2. The van der Waals surface area contributed by atoms with Crippen LogP contribution in [0.15, 0.2) is 48.5 Å². The molecule has 0 spiro atoms. The summed E-state index contributed by atoms with van der Waals surface area (Å²) in [5, 5.41) is 21.3. The molecule has 4 atom stereocenters. The number of ether oxygens (including phenoxy) is 2. The van der Waals surface area contributed by atoms with Crippen molar-refractivity contribution in [1.29, 1.82) is 0 Å². The number of likely N-dealkylation sites (tertiary alicyclic amines) is 2. The zero-order valence-electron chi connectivity index (χ0n) is 21.2. The van der Waals surface area contributed by atoms with Crippen molar-refractivity contribution < 1.29 is 33.7 Å². The first-order valence-corrected chi connectivity index (χ1v) is 12.9. The molecule has 2 saturated heterocycles. The second-order valence-electron chi connectivity index (χ2n) is 9.48. The minimum Gasteiger partial charge on any atom is -0.461 e. The third kappa shape index (κ3) is 6.48. The van der Waals surface area contributed by atoms with Crippen LogP contribution in [0.4, 0.5) is 16.2 Å². The van der Waals surface area contributed by atoms with Crippen LogP contribution in [0, 0.1) is 26.1 Å². The molecule has 14 nitrogen and oxygen atoms in total. The molecule has 2 amide bonds. The molecule has 0 saturated carbocycles. The van der Waals surface area contributed by atoms with Crippen molar-refractivity contribution in [3.8, 4) is 0 Å². The number of carbonyl (C=O) groups is 3. The number of carbonyl (C=O) groups excluding carboxylic acids is 3. The summed E-state index contributed by atoms with van der Waals surface area (Å²) in [5.41, 5.74) is 7.20. The summed E-state index contributed by atoms with van der Waals surface area (Å²) in [5.74, 6) is -1.81. The molecule has 2 aromatic rings. The van der Waals surface area contributed by atoms with Crippen LogP contribution < -0.4 is 5.73 Å². The average Bonchev–Trinajstić information content (AvgIpc) is 3.53. The van der Waals surface area contributed by atoms with Gasteiger partial charge in [-0.15, -0.1) is 0 Å². The van der Waals surface area contributed by atoms with E-state index in [0.29, 0.717) is 11.1 Å². The fraction of sp³-hybridized carbons (Fsp3) is 0.400. The molecule has 2 aliphatic rings. The van der Waals surface area contributed by atoms with E-state index in [4.69, 9.17) is 15.2 Å². The maximum atomic E-state index is 13.4. The van der Waals surface area contributed by atoms with Gasteiger partial charge in [0, 0.05) is 42.6 Å². The number of rotatable bonds is 8. The molecular weight excluding hydrogens is 546 g/mol. The number of nitro benzene ring substituents is 2. The lowest BCUT2D eigenvalue weighted by Crippen LogP contribution is -2.53. The lowest BCUT2D eigenvalue weighted by atomic mass is 10.1. The summed E-state index contributed by atoms with van der Waals surface area (Å²) in [6, 6.07) is 10.3. The molecule has 0 radical (unpaired) electrons. The molecule has 212 valence electrons. The Morgan fingerprint density at radius 1 is 0.900 bits per heavy atom. The van der Waals surface area contributed by atoms with Gasteiger partial charge in [-0.1, -0.05) is 0 Å². The highest BCUT2D eigenvalue weighted by Crippen LogP contribution is 2.29. The van der Waals surface area contributed by atoms with Crippen molar-refractivity contribution in [2.24, 2.45) is 11.7 Å². The van der Waals surface area contributed by atoms with Gasteiger partial charge in [0.1, 0.15) is 19.3 Å². The summed E-state index contributed by atoms with van der Waals surface area (Å²) in [4.78, 5) is 62.1. The largest absolute Gasteiger partial charge is 0.461 e. The first-order valence-electron chi connectivity index (χ1n) is 12.4. The summed E-state index contributed by atoms with van der Waals surface area (Å²) < 4.78 is 10.7. The zero-order chi connectivity index (χ0) is 29.0. The van der Waals surface area contributed by atoms with E-state index in [1.165, 1.54) is 58.3 Å². The van der Waals surface area contributed by atoms with Crippen molar-refractivity contribution in [1.82, 2.24) is 9.80 Å². The summed E-state index contributed by atoms with van der Waals surface area (Å²) in [7, 11) is 0. The topological polar surface area (TPSA) is 188 Å². The zero-order valence-corrected chi connectivity index (χ0v) is 22.1. The molecule has 0 bridgehead atoms. The van der Waals surface area contributed by atoms with Gasteiger partial charge < -0.3 is 20.1 Å². The molecule has 0 aromatic heterocycles. The van der Waals surface area contributed by atoms with E-state index in [-0.39, 0.29) is 55.8 Å². The van der Waals surface area contributed by atoms with Gasteiger partial charge in [-0.3, -0.25) is 34.7 Å². The number of nitrogens with two attached hydrogens (primary N) is 1. The van der Waals surface area contributed by atoms with Crippen LogP contribution in [-0.4, -0.2) is 68.2 Å². The van der Waals surface area contributed by atoms with Gasteiger partial charge in [-0.25, -0.2) is 4.79 Å². The Morgan fingerprint density at radius 3 is 1.95 bits per heavy atom. The van der Waals surface area contributed by atoms with E-state index < -0.39 is 45.9 Å². The smallest absolute Gasteiger partial charge is 0.410 e. The highest BCUT2D eigenvalue weighted by Gasteiger charge is 2.46. The number of thiol groups is 1. The van der Waals surface area contributed by atoms with E-state index in [9.17, 15) is 34.6 Å². The standard InChI is InChI=1S/C25H27N5O9S/c26-22-20(24(32)38-13-15-1-5-17(6-2-15)29(34)35)9-10-27(22)23(31)21-11-19(40)12-28(21)25(33)39-14-16-3-7-18(8-4-16)30(36)37/h1-8,19-22,40H,9-14,26H2/t19-,20-,21-,22?/m0/s1. The molecule has 2 N–H and O–H groups in total. The Hall–Kier alpha value is -4.24. The molecule has 2 aromatic carbocycles. The molecule has 40 heavy (non-hydrogen) atoms. The van der Waals surface area contributed by atoms with Crippen molar-refractivity contribution >= 4 is 42.0 Å². The van der Waals surface area contributed by atoms with Gasteiger partial charge in [0.2, 0.25) is 5.91 Å². The Bertz CT molecular complexity index is 1290. The minimum atomic E-state index is -0.964. The number of non-ortho nitro benzene ring substituents is 2. The van der Waals surface area contributed by atoms with Gasteiger partial charge in [-0.2, -0.15) is 12.6 Å². The minimum absolute atomic E-state index is 0.0818. The first kappa shape index (κ1) is 28.8. The number of hydrogen-bond acceptors (Lipinski definition) is 11. The van der Waals surface area contributed by atoms with Crippen LogP contribution in [-0.2, 0) is 32.3 Å². The summed E-state index contributed by atoms with van der Waals surface area (Å²) in [6.45, 7) is 0.114. The highest BCUT2D eigenvalue weighted by molar-refractivity contribution is 7.81. The van der Waals surface area contributed by atoms with Crippen molar-refractivity contribution in [2.45, 2.75) is 43.5 Å². The maximum absolute atomic E-state index is 13.4. The highest BCUT2D eigenvalue weighted by atomic mass is 32.1. The number of esters is 1. The number of hydrogen-bond donors (Lipinski definition) is 2. The van der Waals surface area contributed by atoms with E-state index in [1.54, 1.807) is 0 Å². The number of nitrogens with zero attached hydrogens (tertiary/aromatic N) is 4. The number of nitro groups is 2. The lowest BCUT2D eigenvalue weighted by molar-refractivity contribution is -0.385. The average molecular weight is 574 g/mol. The molecule has 2 fully saturated rings. The van der Waals surface area contributed by atoms with Gasteiger partial charge in [0.15, 0.2) is 0 Å². The molecule has 2 aliphatic heterocycles. The molecule has 0 aliphatic carbocycles. The third-order valence-corrected chi connectivity index (χ3v) is 7.25. The van der Waals surface area contributed by atoms with Gasteiger partial charge in [0.25, 0.3) is 11.4 Å². The Morgan fingerprint density at radius 2 is 1.43 bits per heavy atom. The third-order valence-electron chi connectivity index (χ3n) is 6.88. The molecule has 2 heterocycles. The maximum Gasteiger partial charge on any atom is 0.410 e. The predicted molar refractivity (Wildman–Crippen MR) is 142 cm³/mol. The monoisotopic (exact) mass is 573 g/mol. The van der Waals surface area contributed by atoms with E-state index in [1.807, 2.05) is 0 Å². The van der Waals surface area contributed by atoms with Gasteiger partial charge in [0.05, 0.1) is 21.9 Å². The van der Waals surface area contributed by atoms with E-state index >= 15 is 0 Å². The SMILES string of the molecule is NC1[C@@H](C(=O)OCc2ccc([N+](=O)[O-])cc2)CCN1C(=O)[C@@H]1C[C@H](S)CN1C(=O)OCc1ccc([N+](=O)[O-])cc1. The van der Waals surface area contributed by atoms with Crippen LogP contribution in [0.5, 0.6) is 0 Å². The molecule has 4 rings (SSSR count). The fourth-order valence-corrected chi connectivity index (χ4v) is 5.06. The van der Waals surface area contributed by atoms with Crippen molar-refractivity contribution in [3.05, 3.63) is 79.9 Å². The number of benzene rings is 2. The normalized spacial score (nSPS) is 22.1. The van der Waals surface area contributed by atoms with Crippen molar-refractivity contribution in [2.75, 3.05) is 13.1 Å². The molecule has 15 heteroatoms. The Labute approximate surface area is 233 Å².